The van der Waals surface area contributed by atoms with Crippen LogP contribution in [0.25, 0.3) is 0 Å². The molecule has 0 aliphatic carbocycles. The molecule has 0 aromatic carbocycles. The monoisotopic (exact) mass is 531 g/mol. The SMILES string of the molecule is CCOc1cnc(NC(=O)N(C)[C@H]2CN(c3nccc(OC(=O)NC4(C)CCNCC4)n3)CC[C@H]2F)cn1. The van der Waals surface area contributed by atoms with E-state index in [-0.39, 0.29) is 36.2 Å². The Labute approximate surface area is 220 Å². The molecule has 4 heterocycles. The Morgan fingerprint density at radius 2 is 2.03 bits per heavy atom. The second kappa shape index (κ2) is 12.2. The van der Waals surface area contributed by atoms with E-state index in [1.807, 2.05) is 13.8 Å². The number of nitrogens with one attached hydrogen (secondary N) is 3. The number of likely N-dealkylation sites (N-methyl/N-ethyl adjacent to an activating group) is 1. The highest BCUT2D eigenvalue weighted by Gasteiger charge is 2.36. The van der Waals surface area contributed by atoms with Gasteiger partial charge in [-0.3, -0.25) is 5.32 Å². The van der Waals surface area contributed by atoms with Gasteiger partial charge in [0.2, 0.25) is 17.7 Å². The van der Waals surface area contributed by atoms with Gasteiger partial charge in [-0.15, -0.1) is 0 Å². The van der Waals surface area contributed by atoms with Crippen molar-refractivity contribution in [3.63, 3.8) is 0 Å². The fourth-order valence-corrected chi connectivity index (χ4v) is 4.41. The smallest absolute Gasteiger partial charge is 0.414 e. The lowest BCUT2D eigenvalue weighted by Crippen LogP contribution is -2.55. The molecule has 2 fully saturated rings. The lowest BCUT2D eigenvalue weighted by atomic mass is 9.91. The molecule has 38 heavy (non-hydrogen) atoms. The number of ether oxygens (including phenoxy) is 2. The number of rotatable bonds is 7. The molecule has 2 aromatic rings. The van der Waals surface area contributed by atoms with Gasteiger partial charge in [-0.05, 0) is 46.2 Å². The first-order valence-electron chi connectivity index (χ1n) is 12.7. The lowest BCUT2D eigenvalue weighted by Gasteiger charge is -2.39. The minimum absolute atomic E-state index is 0.0872. The maximum Gasteiger partial charge on any atom is 0.414 e. The minimum atomic E-state index is -1.25. The van der Waals surface area contributed by atoms with Crippen molar-refractivity contribution in [1.82, 2.24) is 35.5 Å². The molecule has 206 valence electrons. The average Bonchev–Trinajstić information content (AvgIpc) is 2.90. The zero-order valence-corrected chi connectivity index (χ0v) is 21.8. The van der Waals surface area contributed by atoms with Crippen LogP contribution < -0.4 is 30.3 Å². The van der Waals surface area contributed by atoms with Crippen LogP contribution in [-0.4, -0.2) is 94.5 Å². The summed E-state index contributed by atoms with van der Waals surface area (Å²) in [7, 11) is 1.52. The van der Waals surface area contributed by atoms with Crippen molar-refractivity contribution in [1.29, 1.82) is 0 Å². The van der Waals surface area contributed by atoms with E-state index in [4.69, 9.17) is 9.47 Å². The molecule has 2 saturated heterocycles. The molecule has 14 heteroatoms. The Balaban J connectivity index is 1.36. The number of halogens is 1. The molecule has 2 aromatic heterocycles. The summed E-state index contributed by atoms with van der Waals surface area (Å²) < 4.78 is 25.6. The van der Waals surface area contributed by atoms with Crippen molar-refractivity contribution in [2.24, 2.45) is 0 Å². The van der Waals surface area contributed by atoms with Gasteiger partial charge >= 0.3 is 12.1 Å². The van der Waals surface area contributed by atoms with Crippen LogP contribution in [-0.2, 0) is 0 Å². The van der Waals surface area contributed by atoms with Crippen LogP contribution in [0.5, 0.6) is 11.8 Å². The van der Waals surface area contributed by atoms with Gasteiger partial charge in [-0.25, -0.2) is 28.9 Å². The maximum atomic E-state index is 14.9. The van der Waals surface area contributed by atoms with Crippen LogP contribution in [0.3, 0.4) is 0 Å². The van der Waals surface area contributed by atoms with Crippen molar-refractivity contribution < 1.29 is 23.5 Å². The molecule has 2 aliphatic rings. The first-order chi connectivity index (χ1) is 18.3. The predicted octanol–water partition coefficient (Wildman–Crippen LogP) is 1.98. The number of nitrogens with zero attached hydrogens (tertiary/aromatic N) is 6. The number of piperidine rings is 2. The number of aromatic nitrogens is 4. The van der Waals surface area contributed by atoms with Crippen LogP contribution in [0.1, 0.15) is 33.1 Å². The number of anilines is 2. The third kappa shape index (κ3) is 6.94. The molecule has 0 spiro atoms. The predicted molar refractivity (Wildman–Crippen MR) is 137 cm³/mol. The normalized spacial score (nSPS) is 20.8. The van der Waals surface area contributed by atoms with Crippen LogP contribution in [0, 0.1) is 0 Å². The Hall–Kier alpha value is -3.81. The lowest BCUT2D eigenvalue weighted by molar-refractivity contribution is 0.133. The van der Waals surface area contributed by atoms with E-state index in [0.717, 1.165) is 25.9 Å². The number of urea groups is 1. The summed E-state index contributed by atoms with van der Waals surface area (Å²) in [5, 5.41) is 8.81. The van der Waals surface area contributed by atoms with E-state index in [1.165, 1.54) is 36.6 Å². The molecule has 0 unspecified atom stereocenters. The Bertz CT molecular complexity index is 1100. The summed E-state index contributed by atoms with van der Waals surface area (Å²) in [6, 6.07) is 0.194. The van der Waals surface area contributed by atoms with Crippen molar-refractivity contribution in [3.8, 4) is 11.8 Å². The first kappa shape index (κ1) is 27.2. The van der Waals surface area contributed by atoms with Gasteiger partial charge < -0.3 is 29.9 Å². The summed E-state index contributed by atoms with van der Waals surface area (Å²) >= 11 is 0. The summed E-state index contributed by atoms with van der Waals surface area (Å²) in [5.74, 6) is 0.934. The van der Waals surface area contributed by atoms with E-state index in [9.17, 15) is 14.0 Å². The molecular weight excluding hydrogens is 497 g/mol. The highest BCUT2D eigenvalue weighted by atomic mass is 19.1. The fraction of sp³-hybridized carbons (Fsp3) is 0.583. The summed E-state index contributed by atoms with van der Waals surface area (Å²) in [4.78, 5) is 45.2. The maximum absolute atomic E-state index is 14.9. The van der Waals surface area contributed by atoms with Crippen molar-refractivity contribution in [2.75, 3.05) is 50.1 Å². The zero-order valence-electron chi connectivity index (χ0n) is 21.8. The summed E-state index contributed by atoms with van der Waals surface area (Å²) in [6.07, 6.45) is 4.18. The second-order valence-corrected chi connectivity index (χ2v) is 9.55. The number of hydrogen-bond donors (Lipinski definition) is 3. The topological polar surface area (TPSA) is 147 Å². The fourth-order valence-electron chi connectivity index (χ4n) is 4.41. The van der Waals surface area contributed by atoms with E-state index >= 15 is 0 Å². The van der Waals surface area contributed by atoms with Crippen molar-refractivity contribution in [2.45, 2.75) is 50.9 Å². The van der Waals surface area contributed by atoms with Gasteiger partial charge in [-0.2, -0.15) is 4.98 Å². The number of amides is 3. The number of carbonyl (C=O) groups excluding carboxylic acids is 2. The molecule has 2 atom stereocenters. The van der Waals surface area contributed by atoms with Crippen LogP contribution in [0.15, 0.2) is 24.7 Å². The van der Waals surface area contributed by atoms with E-state index in [1.54, 1.807) is 4.90 Å². The molecule has 3 N–H and O–H groups in total. The van der Waals surface area contributed by atoms with E-state index in [0.29, 0.717) is 19.0 Å². The Kier molecular flexibility index (Phi) is 8.71. The zero-order chi connectivity index (χ0) is 27.1. The third-order valence-corrected chi connectivity index (χ3v) is 6.68. The van der Waals surface area contributed by atoms with Gasteiger partial charge in [-0.1, -0.05) is 0 Å². The molecule has 13 nitrogen and oxygen atoms in total. The number of alkyl halides is 1. The highest BCUT2D eigenvalue weighted by Crippen LogP contribution is 2.24. The molecule has 0 saturated carbocycles. The number of carbonyl (C=O) groups is 2. The largest absolute Gasteiger partial charge is 0.477 e. The number of hydrogen-bond acceptors (Lipinski definition) is 10. The molecular formula is C24H34FN9O4. The quantitative estimate of drug-likeness (QED) is 0.485. The molecule has 0 radical (unpaired) electrons. The summed E-state index contributed by atoms with van der Waals surface area (Å²) in [5.41, 5.74) is -0.351. The Morgan fingerprint density at radius 1 is 1.24 bits per heavy atom. The minimum Gasteiger partial charge on any atom is -0.477 e. The van der Waals surface area contributed by atoms with E-state index < -0.39 is 24.3 Å². The van der Waals surface area contributed by atoms with Crippen LogP contribution in [0.2, 0.25) is 0 Å². The van der Waals surface area contributed by atoms with Gasteiger partial charge in [0, 0.05) is 37.9 Å². The highest BCUT2D eigenvalue weighted by molar-refractivity contribution is 5.88. The van der Waals surface area contributed by atoms with Crippen molar-refractivity contribution in [3.05, 3.63) is 24.7 Å². The van der Waals surface area contributed by atoms with E-state index in [2.05, 4.69) is 35.9 Å². The van der Waals surface area contributed by atoms with Gasteiger partial charge in [0.1, 0.15) is 6.17 Å². The first-order valence-corrected chi connectivity index (χ1v) is 12.7. The molecule has 3 amide bonds. The molecule has 2 aliphatic heterocycles. The molecule has 4 rings (SSSR count). The van der Waals surface area contributed by atoms with Crippen molar-refractivity contribution >= 4 is 23.9 Å². The second-order valence-electron chi connectivity index (χ2n) is 9.55. The standard InChI is InChI=1S/C24H34FN9O4/c1-4-37-20-14-28-18(13-29-20)30-22(35)33(3)17-15-34(12-6-16(17)25)21-27-9-5-19(31-21)38-23(36)32-24(2)7-10-26-11-8-24/h5,9,13-14,16-17,26H,4,6-8,10-12,15H2,1-3H3,(H,32,36)(H,28,30,35)/t16-,17+/m1/s1. The van der Waals surface area contributed by atoms with Gasteiger partial charge in [0.25, 0.3) is 0 Å². The van der Waals surface area contributed by atoms with Gasteiger partial charge in [0.05, 0.1) is 25.0 Å². The third-order valence-electron chi connectivity index (χ3n) is 6.68. The average molecular weight is 532 g/mol. The Morgan fingerprint density at radius 3 is 2.74 bits per heavy atom. The molecule has 0 bridgehead atoms. The summed E-state index contributed by atoms with van der Waals surface area (Å²) in [6.45, 7) is 6.40. The van der Waals surface area contributed by atoms with Crippen LogP contribution >= 0.6 is 0 Å². The van der Waals surface area contributed by atoms with Gasteiger partial charge in [0.15, 0.2) is 5.82 Å². The van der Waals surface area contributed by atoms with Crippen LogP contribution in [0.4, 0.5) is 25.7 Å².